The number of thioether (sulfide) groups is 1. The van der Waals surface area contributed by atoms with E-state index in [0.29, 0.717) is 5.92 Å². The molecule has 1 nitrogen and oxygen atoms in total. The molecule has 0 atom stereocenters. The van der Waals surface area contributed by atoms with Crippen LogP contribution in [0, 0.1) is 5.92 Å². The van der Waals surface area contributed by atoms with Crippen molar-refractivity contribution < 1.29 is 4.79 Å². The third-order valence-electron chi connectivity index (χ3n) is 3.31. The minimum absolute atomic E-state index is 0.322. The van der Waals surface area contributed by atoms with E-state index in [9.17, 15) is 4.79 Å². The number of rotatable bonds is 4. The van der Waals surface area contributed by atoms with Crippen molar-refractivity contribution in [2.24, 2.45) is 5.92 Å². The maximum Gasteiger partial charge on any atom is 0.123 e. The van der Waals surface area contributed by atoms with Gasteiger partial charge in [-0.2, -0.15) is 11.8 Å². The van der Waals surface area contributed by atoms with Crippen LogP contribution in [0.1, 0.15) is 31.2 Å². The van der Waals surface area contributed by atoms with E-state index >= 15 is 0 Å². The van der Waals surface area contributed by atoms with Gasteiger partial charge >= 0.3 is 0 Å². The number of aldehydes is 1. The van der Waals surface area contributed by atoms with Gasteiger partial charge in [0.15, 0.2) is 0 Å². The van der Waals surface area contributed by atoms with E-state index in [4.69, 9.17) is 11.6 Å². The predicted octanol–water partition coefficient (Wildman–Crippen LogP) is 4.33. The molecule has 3 heteroatoms. The Bertz CT molecular complexity index is 355. The minimum atomic E-state index is 0.322. The lowest BCUT2D eigenvalue weighted by Crippen LogP contribution is -2.17. The molecule has 0 aliphatic heterocycles. The van der Waals surface area contributed by atoms with Crippen molar-refractivity contribution in [2.75, 3.05) is 0 Å². The molecule has 0 saturated heterocycles. The van der Waals surface area contributed by atoms with Crippen LogP contribution in [0.5, 0.6) is 0 Å². The van der Waals surface area contributed by atoms with Gasteiger partial charge in [0.1, 0.15) is 6.29 Å². The zero-order valence-corrected chi connectivity index (χ0v) is 11.3. The van der Waals surface area contributed by atoms with Crippen LogP contribution in [0.3, 0.4) is 0 Å². The number of halogens is 1. The fourth-order valence-corrected chi connectivity index (χ4v) is 3.54. The Balaban J connectivity index is 1.75. The van der Waals surface area contributed by atoms with Gasteiger partial charge in [0.2, 0.25) is 0 Å². The second-order valence-corrected chi connectivity index (χ2v) is 6.34. The van der Waals surface area contributed by atoms with Crippen molar-refractivity contribution in [1.29, 1.82) is 0 Å². The Morgan fingerprint density at radius 3 is 2.41 bits per heavy atom. The van der Waals surface area contributed by atoms with E-state index < -0.39 is 0 Å². The highest BCUT2D eigenvalue weighted by atomic mass is 35.5. The zero-order chi connectivity index (χ0) is 12.1. The molecule has 1 aromatic carbocycles. The van der Waals surface area contributed by atoms with Crippen LogP contribution in [0.25, 0.3) is 0 Å². The lowest BCUT2D eigenvalue weighted by molar-refractivity contribution is -0.111. The first kappa shape index (κ1) is 13.0. The molecule has 1 saturated carbocycles. The monoisotopic (exact) mass is 268 g/mol. The second-order valence-electron chi connectivity index (χ2n) is 4.61. The molecule has 0 unspecified atom stereocenters. The largest absolute Gasteiger partial charge is 0.303 e. The number of benzene rings is 1. The van der Waals surface area contributed by atoms with E-state index in [0.717, 1.165) is 35.2 Å². The minimum Gasteiger partial charge on any atom is -0.303 e. The molecule has 1 aliphatic carbocycles. The van der Waals surface area contributed by atoms with Crippen molar-refractivity contribution in [2.45, 2.75) is 36.7 Å². The van der Waals surface area contributed by atoms with Crippen LogP contribution in [0.4, 0.5) is 0 Å². The average Bonchev–Trinajstić information content (AvgIpc) is 2.39. The molecule has 0 radical (unpaired) electrons. The fourth-order valence-electron chi connectivity index (χ4n) is 2.19. The van der Waals surface area contributed by atoms with Gasteiger partial charge < -0.3 is 4.79 Å². The number of carbonyl (C=O) groups is 1. The SMILES string of the molecule is O=CC1CCC(SCc2ccc(Cl)cc2)CC1. The molecule has 1 aliphatic rings. The zero-order valence-electron chi connectivity index (χ0n) is 9.77. The van der Waals surface area contributed by atoms with E-state index in [1.165, 1.54) is 18.4 Å². The molecule has 0 spiro atoms. The van der Waals surface area contributed by atoms with Crippen LogP contribution in [0.15, 0.2) is 24.3 Å². The molecule has 0 bridgehead atoms. The van der Waals surface area contributed by atoms with Gasteiger partial charge in [-0.1, -0.05) is 23.7 Å². The summed E-state index contributed by atoms with van der Waals surface area (Å²) in [6.45, 7) is 0. The van der Waals surface area contributed by atoms with Gasteiger partial charge in [0.25, 0.3) is 0 Å². The van der Waals surface area contributed by atoms with E-state index in [1.807, 2.05) is 23.9 Å². The number of carbonyl (C=O) groups excluding carboxylic acids is 1. The highest BCUT2D eigenvalue weighted by Gasteiger charge is 2.20. The van der Waals surface area contributed by atoms with Crippen LogP contribution in [-0.4, -0.2) is 11.5 Å². The van der Waals surface area contributed by atoms with Crippen molar-refractivity contribution in [3.05, 3.63) is 34.9 Å². The van der Waals surface area contributed by atoms with Gasteiger partial charge in [-0.15, -0.1) is 0 Å². The molecule has 1 aromatic rings. The lowest BCUT2D eigenvalue weighted by Gasteiger charge is -2.24. The molecule has 0 heterocycles. The summed E-state index contributed by atoms with van der Waals surface area (Å²) in [5, 5.41) is 1.52. The summed E-state index contributed by atoms with van der Waals surface area (Å²) in [4.78, 5) is 10.7. The van der Waals surface area contributed by atoms with Gasteiger partial charge in [0, 0.05) is 21.9 Å². The highest BCUT2D eigenvalue weighted by Crippen LogP contribution is 2.32. The maximum atomic E-state index is 10.7. The standard InChI is InChI=1S/C14H17ClOS/c15-13-5-1-12(2-6-13)10-17-14-7-3-11(9-16)4-8-14/h1-2,5-6,9,11,14H,3-4,7-8,10H2. The average molecular weight is 269 g/mol. The van der Waals surface area contributed by atoms with Crippen molar-refractivity contribution in [1.82, 2.24) is 0 Å². The molecule has 0 amide bonds. The summed E-state index contributed by atoms with van der Waals surface area (Å²) >= 11 is 7.86. The van der Waals surface area contributed by atoms with Crippen molar-refractivity contribution >= 4 is 29.6 Å². The van der Waals surface area contributed by atoms with Gasteiger partial charge in [-0.05, 0) is 43.4 Å². The fraction of sp³-hybridized carbons (Fsp3) is 0.500. The van der Waals surface area contributed by atoms with Crippen LogP contribution in [-0.2, 0) is 10.5 Å². The second kappa shape index (κ2) is 6.46. The molecule has 0 N–H and O–H groups in total. The van der Waals surface area contributed by atoms with Crippen molar-refractivity contribution in [3.8, 4) is 0 Å². The Hall–Kier alpha value is -0.470. The quantitative estimate of drug-likeness (QED) is 0.756. The maximum absolute atomic E-state index is 10.7. The summed E-state index contributed by atoms with van der Waals surface area (Å²) in [7, 11) is 0. The first-order chi connectivity index (χ1) is 8.28. The topological polar surface area (TPSA) is 17.1 Å². The van der Waals surface area contributed by atoms with Crippen LogP contribution in [0.2, 0.25) is 5.02 Å². The molecular weight excluding hydrogens is 252 g/mol. The van der Waals surface area contributed by atoms with Crippen molar-refractivity contribution in [3.63, 3.8) is 0 Å². The predicted molar refractivity (Wildman–Crippen MR) is 74.6 cm³/mol. The van der Waals surface area contributed by atoms with Gasteiger partial charge in [-0.25, -0.2) is 0 Å². The highest BCUT2D eigenvalue weighted by molar-refractivity contribution is 7.99. The lowest BCUT2D eigenvalue weighted by atomic mass is 9.90. The van der Waals surface area contributed by atoms with Gasteiger partial charge in [0.05, 0.1) is 0 Å². The molecule has 1 fully saturated rings. The Morgan fingerprint density at radius 2 is 1.82 bits per heavy atom. The molecule has 17 heavy (non-hydrogen) atoms. The molecule has 0 aromatic heterocycles. The van der Waals surface area contributed by atoms with Crippen LogP contribution >= 0.6 is 23.4 Å². The van der Waals surface area contributed by atoms with E-state index in [1.54, 1.807) is 0 Å². The summed E-state index contributed by atoms with van der Waals surface area (Å²) in [6, 6.07) is 8.07. The van der Waals surface area contributed by atoms with Gasteiger partial charge in [-0.3, -0.25) is 0 Å². The van der Waals surface area contributed by atoms with E-state index in [-0.39, 0.29) is 0 Å². The summed E-state index contributed by atoms with van der Waals surface area (Å²) in [5.74, 6) is 1.37. The number of hydrogen-bond acceptors (Lipinski definition) is 2. The Kier molecular flexibility index (Phi) is 4.93. The Morgan fingerprint density at radius 1 is 1.18 bits per heavy atom. The molecule has 2 rings (SSSR count). The molecular formula is C14H17ClOS. The smallest absolute Gasteiger partial charge is 0.123 e. The first-order valence-corrected chi connectivity index (χ1v) is 7.52. The molecule has 92 valence electrons. The summed E-state index contributed by atoms with van der Waals surface area (Å²) < 4.78 is 0. The third kappa shape index (κ3) is 4.04. The third-order valence-corrected chi connectivity index (χ3v) is 5.01. The summed E-state index contributed by atoms with van der Waals surface area (Å²) in [5.41, 5.74) is 1.33. The normalized spacial score (nSPS) is 24.5. The first-order valence-electron chi connectivity index (χ1n) is 6.09. The number of hydrogen-bond donors (Lipinski definition) is 0. The summed E-state index contributed by atoms with van der Waals surface area (Å²) in [6.07, 6.45) is 5.63. The van der Waals surface area contributed by atoms with E-state index in [2.05, 4.69) is 12.1 Å². The van der Waals surface area contributed by atoms with Crippen LogP contribution < -0.4 is 0 Å². The Labute approximate surface area is 112 Å².